The lowest BCUT2D eigenvalue weighted by molar-refractivity contribution is 0.645. The van der Waals surface area contributed by atoms with Gasteiger partial charge >= 0.3 is 0 Å². The van der Waals surface area contributed by atoms with E-state index in [0.717, 1.165) is 19.3 Å². The van der Waals surface area contributed by atoms with E-state index in [2.05, 4.69) is 66.7 Å². The monoisotopic (exact) mass is 273 g/mol. The summed E-state index contributed by atoms with van der Waals surface area (Å²) in [6.45, 7) is 17.0. The number of hydrogen-bond acceptors (Lipinski definition) is 0. The maximum absolute atomic E-state index is 3.87. The van der Waals surface area contributed by atoms with Crippen LogP contribution in [0.15, 0.2) is 46.6 Å². The van der Waals surface area contributed by atoms with E-state index in [-0.39, 0.29) is 0 Å². The first-order valence-electron chi connectivity index (χ1n) is 7.74. The highest BCUT2D eigenvalue weighted by atomic mass is 14.1. The molecule has 0 amide bonds. The highest BCUT2D eigenvalue weighted by Gasteiger charge is 2.05. The summed E-state index contributed by atoms with van der Waals surface area (Å²) in [7, 11) is 0. The highest BCUT2D eigenvalue weighted by Crippen LogP contribution is 2.20. The molecule has 0 spiro atoms. The molecule has 113 valence electrons. The van der Waals surface area contributed by atoms with Gasteiger partial charge in [0.25, 0.3) is 0 Å². The third-order valence-electron chi connectivity index (χ3n) is 3.36. The van der Waals surface area contributed by atoms with Gasteiger partial charge in [-0.3, -0.25) is 0 Å². The van der Waals surface area contributed by atoms with Crippen molar-refractivity contribution in [2.24, 2.45) is 5.92 Å². The molecule has 0 heterocycles. The molecule has 1 atom stereocenters. The molecule has 0 aromatic carbocycles. The SMILES string of the molecule is [CH2]/C=C(\C)CC(C=C(C)C)C/C=C(\C)CCC=C(C)C. The molecule has 1 unspecified atom stereocenters. The van der Waals surface area contributed by atoms with Gasteiger partial charge in [0.05, 0.1) is 0 Å². The van der Waals surface area contributed by atoms with E-state index in [4.69, 9.17) is 0 Å². The van der Waals surface area contributed by atoms with E-state index in [0.29, 0.717) is 5.92 Å². The largest absolute Gasteiger partial charge is 0.0856 e. The van der Waals surface area contributed by atoms with Gasteiger partial charge in [-0.25, -0.2) is 0 Å². The van der Waals surface area contributed by atoms with Crippen molar-refractivity contribution in [2.45, 2.75) is 67.2 Å². The first-order chi connectivity index (χ1) is 9.35. The van der Waals surface area contributed by atoms with Gasteiger partial charge in [0.15, 0.2) is 0 Å². The van der Waals surface area contributed by atoms with Crippen LogP contribution in [0.3, 0.4) is 0 Å². The maximum atomic E-state index is 3.87. The van der Waals surface area contributed by atoms with Crippen LogP contribution in [0.2, 0.25) is 0 Å². The molecule has 0 fully saturated rings. The van der Waals surface area contributed by atoms with Crippen LogP contribution < -0.4 is 0 Å². The molecule has 0 bridgehead atoms. The van der Waals surface area contributed by atoms with Gasteiger partial charge in [-0.2, -0.15) is 0 Å². The lowest BCUT2D eigenvalue weighted by Crippen LogP contribution is -1.97. The summed E-state index contributed by atoms with van der Waals surface area (Å²) in [5, 5.41) is 0. The second kappa shape index (κ2) is 10.7. The van der Waals surface area contributed by atoms with Crippen molar-refractivity contribution in [1.82, 2.24) is 0 Å². The Bertz CT molecular complexity index is 380. The quantitative estimate of drug-likeness (QED) is 0.425. The van der Waals surface area contributed by atoms with Crippen LogP contribution in [0.5, 0.6) is 0 Å². The van der Waals surface area contributed by atoms with Crippen molar-refractivity contribution in [3.63, 3.8) is 0 Å². The van der Waals surface area contributed by atoms with Crippen molar-refractivity contribution in [3.8, 4) is 0 Å². The summed E-state index contributed by atoms with van der Waals surface area (Å²) in [6.07, 6.45) is 13.7. The fourth-order valence-electron chi connectivity index (χ4n) is 2.22. The molecular weight excluding hydrogens is 240 g/mol. The predicted molar refractivity (Wildman–Crippen MR) is 93.7 cm³/mol. The Balaban J connectivity index is 4.50. The van der Waals surface area contributed by atoms with Crippen molar-refractivity contribution in [2.75, 3.05) is 0 Å². The van der Waals surface area contributed by atoms with E-state index in [1.54, 1.807) is 0 Å². The lowest BCUT2D eigenvalue weighted by atomic mass is 9.93. The first kappa shape index (κ1) is 19.0. The molecule has 0 saturated heterocycles. The van der Waals surface area contributed by atoms with Crippen LogP contribution >= 0.6 is 0 Å². The summed E-state index contributed by atoms with van der Waals surface area (Å²) in [5.41, 5.74) is 5.70. The molecule has 0 aliphatic carbocycles. The fraction of sp³-hybridized carbons (Fsp3) is 0.550. The summed E-state index contributed by atoms with van der Waals surface area (Å²) in [6, 6.07) is 0. The molecule has 1 radical (unpaired) electrons. The summed E-state index contributed by atoms with van der Waals surface area (Å²) >= 11 is 0. The van der Waals surface area contributed by atoms with Crippen LogP contribution in [0.4, 0.5) is 0 Å². The molecule has 20 heavy (non-hydrogen) atoms. The normalized spacial score (nSPS) is 13.9. The maximum Gasteiger partial charge on any atom is -0.0159 e. The van der Waals surface area contributed by atoms with Crippen LogP contribution in [-0.2, 0) is 0 Å². The van der Waals surface area contributed by atoms with Crippen LogP contribution in [-0.4, -0.2) is 0 Å². The van der Waals surface area contributed by atoms with Crippen LogP contribution in [0, 0.1) is 12.8 Å². The molecule has 0 aromatic heterocycles. The molecule has 0 rings (SSSR count). The zero-order valence-electron chi connectivity index (χ0n) is 14.4. The Kier molecular flexibility index (Phi) is 10.2. The van der Waals surface area contributed by atoms with E-state index >= 15 is 0 Å². The average molecular weight is 273 g/mol. The standard InChI is InChI=1S/C20H33/c1-8-18(6)15-20(14-17(4)5)13-12-19(7)11-9-10-16(2)3/h8,10,12,14,20H,1,9,11,13,15H2,2-7H3/b18-8+,19-12+. The Morgan fingerprint density at radius 1 is 0.900 bits per heavy atom. The lowest BCUT2D eigenvalue weighted by Gasteiger charge is -2.12. The van der Waals surface area contributed by atoms with Gasteiger partial charge in [0, 0.05) is 0 Å². The summed E-state index contributed by atoms with van der Waals surface area (Å²) in [5.74, 6) is 0.608. The number of hydrogen-bond donors (Lipinski definition) is 0. The van der Waals surface area contributed by atoms with Crippen molar-refractivity contribution < 1.29 is 0 Å². The van der Waals surface area contributed by atoms with Crippen LogP contribution in [0.1, 0.15) is 67.2 Å². The smallest absolute Gasteiger partial charge is 0.0159 e. The Labute approximate surface area is 127 Å². The predicted octanol–water partition coefficient (Wildman–Crippen LogP) is 6.82. The fourth-order valence-corrected chi connectivity index (χ4v) is 2.22. The van der Waals surface area contributed by atoms with Gasteiger partial charge in [-0.1, -0.05) is 46.6 Å². The zero-order chi connectivity index (χ0) is 15.5. The molecule has 0 nitrogen and oxygen atoms in total. The molecular formula is C20H33. The minimum atomic E-state index is 0.608. The first-order valence-corrected chi connectivity index (χ1v) is 7.74. The second-order valence-electron chi connectivity index (χ2n) is 6.37. The second-order valence-corrected chi connectivity index (χ2v) is 6.37. The van der Waals surface area contributed by atoms with Crippen molar-refractivity contribution in [1.29, 1.82) is 0 Å². The Morgan fingerprint density at radius 3 is 2.05 bits per heavy atom. The van der Waals surface area contributed by atoms with Crippen molar-refractivity contribution >= 4 is 0 Å². The van der Waals surface area contributed by atoms with Gasteiger partial charge in [-0.05, 0) is 80.1 Å². The highest BCUT2D eigenvalue weighted by molar-refractivity contribution is 5.10. The third-order valence-corrected chi connectivity index (χ3v) is 3.36. The zero-order valence-corrected chi connectivity index (χ0v) is 14.4. The molecule has 0 aliphatic rings. The number of rotatable bonds is 8. The van der Waals surface area contributed by atoms with E-state index < -0.39 is 0 Å². The van der Waals surface area contributed by atoms with E-state index in [1.807, 2.05) is 6.08 Å². The van der Waals surface area contributed by atoms with E-state index in [1.165, 1.54) is 28.7 Å². The third kappa shape index (κ3) is 10.8. The molecule has 0 heteroatoms. The molecule has 0 saturated carbocycles. The van der Waals surface area contributed by atoms with Crippen LogP contribution in [0.25, 0.3) is 0 Å². The van der Waals surface area contributed by atoms with Gasteiger partial charge in [0.2, 0.25) is 0 Å². The molecule has 0 aliphatic heterocycles. The van der Waals surface area contributed by atoms with Crippen molar-refractivity contribution in [3.05, 3.63) is 53.5 Å². The molecule has 0 N–H and O–H groups in total. The summed E-state index contributed by atoms with van der Waals surface area (Å²) in [4.78, 5) is 0. The van der Waals surface area contributed by atoms with Gasteiger partial charge in [-0.15, -0.1) is 0 Å². The summed E-state index contributed by atoms with van der Waals surface area (Å²) < 4.78 is 0. The van der Waals surface area contributed by atoms with Gasteiger partial charge in [0.1, 0.15) is 0 Å². The minimum absolute atomic E-state index is 0.608. The topological polar surface area (TPSA) is 0 Å². The number of allylic oxidation sites excluding steroid dienone is 8. The Hall–Kier alpha value is -1.04. The molecule has 0 aromatic rings. The average Bonchev–Trinajstić information content (AvgIpc) is 2.34. The van der Waals surface area contributed by atoms with E-state index in [9.17, 15) is 0 Å². The minimum Gasteiger partial charge on any atom is -0.0856 e. The Morgan fingerprint density at radius 2 is 1.55 bits per heavy atom. The van der Waals surface area contributed by atoms with Gasteiger partial charge < -0.3 is 0 Å².